The van der Waals surface area contributed by atoms with E-state index in [-0.39, 0.29) is 0 Å². The third-order valence-electron chi connectivity index (χ3n) is 6.93. The summed E-state index contributed by atoms with van der Waals surface area (Å²) in [5.74, 6) is 3.49. The van der Waals surface area contributed by atoms with Crippen molar-refractivity contribution in [3.63, 3.8) is 0 Å². The normalized spacial score (nSPS) is 10.9. The first-order valence-electron chi connectivity index (χ1n) is 12.2. The van der Waals surface area contributed by atoms with E-state index in [1.807, 2.05) is 36.4 Å². The van der Waals surface area contributed by atoms with Gasteiger partial charge in [-0.25, -0.2) is 0 Å². The number of hydrogen-bond donors (Lipinski definition) is 0. The summed E-state index contributed by atoms with van der Waals surface area (Å²) < 4.78 is 35.6. The molecule has 5 aromatic rings. The quantitative estimate of drug-likeness (QED) is 0.127. The van der Waals surface area contributed by atoms with Crippen molar-refractivity contribution in [2.75, 3.05) is 42.7 Å². The second kappa shape index (κ2) is 11.1. The Kier molecular flexibility index (Phi) is 7.61. The van der Waals surface area contributed by atoms with Gasteiger partial charge in [0.15, 0.2) is 23.0 Å². The summed E-state index contributed by atoms with van der Waals surface area (Å²) >= 11 is 2.44. The van der Waals surface area contributed by atoms with E-state index in [1.165, 1.54) is 0 Å². The van der Waals surface area contributed by atoms with Crippen LogP contribution in [0.5, 0.6) is 34.5 Å². The van der Waals surface area contributed by atoms with E-state index in [1.54, 1.807) is 42.7 Å². The summed E-state index contributed by atoms with van der Waals surface area (Å²) in [6.07, 6.45) is 0. The molecule has 5 rings (SSSR count). The van der Waals surface area contributed by atoms with Crippen molar-refractivity contribution in [3.8, 4) is 56.8 Å². The molecule has 0 heterocycles. The van der Waals surface area contributed by atoms with E-state index in [9.17, 15) is 0 Å². The molecule has 0 aliphatic carbocycles. The van der Waals surface area contributed by atoms with Crippen molar-refractivity contribution in [3.05, 3.63) is 70.3 Å². The summed E-state index contributed by atoms with van der Waals surface area (Å²) in [7, 11) is 9.77. The molecular weight excluding hydrogens is 607 g/mol. The zero-order chi connectivity index (χ0) is 27.7. The highest BCUT2D eigenvalue weighted by molar-refractivity contribution is 14.1. The molecule has 0 saturated heterocycles. The van der Waals surface area contributed by atoms with Gasteiger partial charge in [-0.1, -0.05) is 48.5 Å². The van der Waals surface area contributed by atoms with E-state index < -0.39 is 0 Å². The second-order valence-electron chi connectivity index (χ2n) is 8.76. The maximum absolute atomic E-state index is 6.04. The molecule has 0 fully saturated rings. The Morgan fingerprint density at radius 1 is 0.487 bits per heavy atom. The Morgan fingerprint density at radius 3 is 1.56 bits per heavy atom. The number of fused-ring (bicyclic) bond motifs is 3. The highest BCUT2D eigenvalue weighted by Gasteiger charge is 2.25. The molecule has 0 aromatic heterocycles. The fourth-order valence-corrected chi connectivity index (χ4v) is 6.24. The van der Waals surface area contributed by atoms with Gasteiger partial charge in [0, 0.05) is 14.5 Å². The van der Waals surface area contributed by atoms with Crippen LogP contribution in [0.15, 0.2) is 66.7 Å². The number of rotatable bonds is 8. The number of benzene rings is 5. The van der Waals surface area contributed by atoms with Crippen LogP contribution >= 0.6 is 22.6 Å². The van der Waals surface area contributed by atoms with Crippen LogP contribution in [0, 0.1) is 3.57 Å². The molecule has 0 N–H and O–H groups in total. The first kappa shape index (κ1) is 26.7. The standard InChI is InChI=1S/C32H29IO6/c1-34-24-15-18(16-25(35-2)30(24)37-4)19-11-7-9-13-21(19)27-28-23(20-12-8-10-14-22(20)29(27)33)17-26(36-3)31(38-5)32(28)39-6/h7-17H,1-6H3. The molecule has 0 bridgehead atoms. The van der Waals surface area contributed by atoms with Crippen LogP contribution in [0.1, 0.15) is 0 Å². The molecule has 39 heavy (non-hydrogen) atoms. The fourth-order valence-electron chi connectivity index (χ4n) is 5.21. The summed E-state index contributed by atoms with van der Waals surface area (Å²) in [5, 5.41) is 4.19. The monoisotopic (exact) mass is 636 g/mol. The van der Waals surface area contributed by atoms with Crippen molar-refractivity contribution in [1.82, 2.24) is 0 Å². The molecule has 5 aromatic carbocycles. The van der Waals surface area contributed by atoms with Gasteiger partial charge in [-0.2, -0.15) is 0 Å². The lowest BCUT2D eigenvalue weighted by Crippen LogP contribution is -2.00. The van der Waals surface area contributed by atoms with E-state index >= 15 is 0 Å². The number of methoxy groups -OCH3 is 6. The Balaban J connectivity index is 1.96. The van der Waals surface area contributed by atoms with E-state index in [0.717, 1.165) is 47.4 Å². The lowest BCUT2D eigenvalue weighted by Gasteiger charge is -2.22. The van der Waals surface area contributed by atoms with Gasteiger partial charge in [0.2, 0.25) is 11.5 Å². The van der Waals surface area contributed by atoms with Gasteiger partial charge < -0.3 is 28.4 Å². The van der Waals surface area contributed by atoms with Crippen molar-refractivity contribution in [2.24, 2.45) is 0 Å². The largest absolute Gasteiger partial charge is 0.493 e. The van der Waals surface area contributed by atoms with E-state index in [2.05, 4.69) is 52.9 Å². The molecule has 0 spiro atoms. The maximum atomic E-state index is 6.04. The minimum absolute atomic E-state index is 0.546. The first-order chi connectivity index (χ1) is 19.0. The van der Waals surface area contributed by atoms with Gasteiger partial charge >= 0.3 is 0 Å². The molecule has 200 valence electrons. The zero-order valence-corrected chi connectivity index (χ0v) is 24.8. The molecule has 0 aliphatic heterocycles. The van der Waals surface area contributed by atoms with E-state index in [0.29, 0.717) is 34.5 Å². The van der Waals surface area contributed by atoms with Crippen molar-refractivity contribution < 1.29 is 28.4 Å². The SMILES string of the molecule is COc1cc(-c2ccccc2-c2c(I)c3ccccc3c3cc(OC)c(OC)c(OC)c23)cc(OC)c1OC. The van der Waals surface area contributed by atoms with Crippen molar-refractivity contribution >= 4 is 44.1 Å². The van der Waals surface area contributed by atoms with Gasteiger partial charge in [0.25, 0.3) is 0 Å². The molecule has 0 saturated carbocycles. The predicted octanol–water partition coefficient (Wildman–Crippen LogP) is 7.98. The average molecular weight is 636 g/mol. The molecule has 0 atom stereocenters. The summed E-state index contributed by atoms with van der Waals surface area (Å²) in [6, 6.07) is 22.6. The molecule has 7 heteroatoms. The maximum Gasteiger partial charge on any atom is 0.203 e. The smallest absolute Gasteiger partial charge is 0.203 e. The molecule has 0 amide bonds. The van der Waals surface area contributed by atoms with Crippen LogP contribution in [-0.2, 0) is 0 Å². The van der Waals surface area contributed by atoms with Crippen LogP contribution in [0.4, 0.5) is 0 Å². The van der Waals surface area contributed by atoms with Crippen LogP contribution in [0.2, 0.25) is 0 Å². The third-order valence-corrected chi connectivity index (χ3v) is 8.05. The number of hydrogen-bond acceptors (Lipinski definition) is 6. The van der Waals surface area contributed by atoms with Crippen LogP contribution in [-0.4, -0.2) is 42.7 Å². The predicted molar refractivity (Wildman–Crippen MR) is 164 cm³/mol. The number of halogens is 1. The fraction of sp³-hybridized carbons (Fsp3) is 0.188. The van der Waals surface area contributed by atoms with Crippen LogP contribution < -0.4 is 28.4 Å². The minimum Gasteiger partial charge on any atom is -0.493 e. The topological polar surface area (TPSA) is 55.4 Å². The lowest BCUT2D eigenvalue weighted by atomic mass is 9.88. The minimum atomic E-state index is 0.546. The number of ether oxygens (including phenoxy) is 6. The van der Waals surface area contributed by atoms with Gasteiger partial charge in [-0.3, -0.25) is 0 Å². The molecule has 0 aliphatic rings. The highest BCUT2D eigenvalue weighted by atomic mass is 127. The lowest BCUT2D eigenvalue weighted by molar-refractivity contribution is 0.324. The summed E-state index contributed by atoms with van der Waals surface area (Å²) in [6.45, 7) is 0. The Labute approximate surface area is 241 Å². The molecule has 0 unspecified atom stereocenters. The van der Waals surface area contributed by atoms with Crippen LogP contribution in [0.25, 0.3) is 43.8 Å². The van der Waals surface area contributed by atoms with Gasteiger partial charge in [-0.15, -0.1) is 0 Å². The van der Waals surface area contributed by atoms with Gasteiger partial charge in [0.1, 0.15) is 0 Å². The summed E-state index contributed by atoms with van der Waals surface area (Å²) in [5.41, 5.74) is 3.99. The Hall–Kier alpha value is -3.85. The Morgan fingerprint density at radius 2 is 1.00 bits per heavy atom. The highest BCUT2D eigenvalue weighted by Crippen LogP contribution is 2.52. The average Bonchev–Trinajstić information content (AvgIpc) is 2.99. The van der Waals surface area contributed by atoms with Crippen molar-refractivity contribution in [2.45, 2.75) is 0 Å². The summed E-state index contributed by atoms with van der Waals surface area (Å²) in [4.78, 5) is 0. The van der Waals surface area contributed by atoms with Crippen molar-refractivity contribution in [1.29, 1.82) is 0 Å². The van der Waals surface area contributed by atoms with E-state index in [4.69, 9.17) is 28.4 Å². The molecular formula is C32H29IO6. The molecule has 6 nitrogen and oxygen atoms in total. The zero-order valence-electron chi connectivity index (χ0n) is 22.7. The third kappa shape index (κ3) is 4.34. The molecule has 0 radical (unpaired) electrons. The van der Waals surface area contributed by atoms with Crippen LogP contribution in [0.3, 0.4) is 0 Å². The second-order valence-corrected chi connectivity index (χ2v) is 9.84. The van der Waals surface area contributed by atoms with Gasteiger partial charge in [0.05, 0.1) is 42.7 Å². The Bertz CT molecular complexity index is 1670. The van der Waals surface area contributed by atoms with Gasteiger partial charge in [-0.05, 0) is 73.6 Å². The first-order valence-corrected chi connectivity index (χ1v) is 13.3.